The second kappa shape index (κ2) is 4.37. The fraction of sp³-hybridized carbons (Fsp3) is 0.500. The van der Waals surface area contributed by atoms with Gasteiger partial charge >= 0.3 is 0 Å². The molecule has 5 heteroatoms. The number of benzene rings is 1. The Bertz CT molecular complexity index is 438. The highest BCUT2D eigenvalue weighted by atomic mass is 35.5. The molecule has 0 saturated carbocycles. The van der Waals surface area contributed by atoms with Gasteiger partial charge in [-0.2, -0.15) is 0 Å². The molecule has 1 aromatic rings. The molecule has 4 nitrogen and oxygen atoms in total. The standard InChI is InChI=1S/C12H14ClNO3/c13-10-3-8(4-11-12(10)17-7-16-11)5-14-2-1-9(15)6-14/h3-4,9,15H,1-2,5-7H2/t9-/m0/s1. The molecular formula is C12H14ClNO3. The van der Waals surface area contributed by atoms with Crippen LogP contribution in [0.5, 0.6) is 11.5 Å². The van der Waals surface area contributed by atoms with Crippen LogP contribution in [-0.4, -0.2) is 36.0 Å². The van der Waals surface area contributed by atoms with Gasteiger partial charge in [0.1, 0.15) is 0 Å². The maximum absolute atomic E-state index is 9.47. The SMILES string of the molecule is O[C@H]1CCN(Cc2cc(Cl)c3c(c2)OCO3)C1. The van der Waals surface area contributed by atoms with Crippen LogP contribution in [0, 0.1) is 0 Å². The van der Waals surface area contributed by atoms with Gasteiger partial charge in [0.2, 0.25) is 6.79 Å². The van der Waals surface area contributed by atoms with Crippen LogP contribution in [0.3, 0.4) is 0 Å². The minimum absolute atomic E-state index is 0.195. The average molecular weight is 256 g/mol. The highest BCUT2D eigenvalue weighted by Gasteiger charge is 2.22. The Kier molecular flexibility index (Phi) is 2.86. The van der Waals surface area contributed by atoms with Gasteiger partial charge in [-0.15, -0.1) is 0 Å². The zero-order valence-electron chi connectivity index (χ0n) is 9.36. The number of halogens is 1. The summed E-state index contributed by atoms with van der Waals surface area (Å²) in [5, 5.41) is 10.1. The molecule has 1 atom stereocenters. The monoisotopic (exact) mass is 255 g/mol. The van der Waals surface area contributed by atoms with Crippen LogP contribution < -0.4 is 9.47 Å². The fourth-order valence-corrected chi connectivity index (χ4v) is 2.61. The maximum atomic E-state index is 9.47. The van der Waals surface area contributed by atoms with Crippen molar-refractivity contribution in [2.75, 3.05) is 19.9 Å². The molecule has 1 aromatic carbocycles. The molecule has 3 rings (SSSR count). The van der Waals surface area contributed by atoms with E-state index >= 15 is 0 Å². The molecule has 0 aliphatic carbocycles. The Morgan fingerprint density at radius 3 is 3.06 bits per heavy atom. The molecule has 1 fully saturated rings. The average Bonchev–Trinajstić information content (AvgIpc) is 2.87. The molecule has 2 aliphatic rings. The third-order valence-corrected chi connectivity index (χ3v) is 3.42. The first-order valence-corrected chi connectivity index (χ1v) is 6.08. The van der Waals surface area contributed by atoms with Gasteiger partial charge in [-0.3, -0.25) is 4.90 Å². The molecule has 2 heterocycles. The van der Waals surface area contributed by atoms with E-state index in [9.17, 15) is 5.11 Å². The zero-order chi connectivity index (χ0) is 11.8. The lowest BCUT2D eigenvalue weighted by Crippen LogP contribution is -2.21. The van der Waals surface area contributed by atoms with Gasteiger partial charge in [-0.05, 0) is 24.1 Å². The predicted molar refractivity (Wildman–Crippen MR) is 63.5 cm³/mol. The van der Waals surface area contributed by atoms with E-state index in [1.165, 1.54) is 0 Å². The third kappa shape index (κ3) is 2.20. The second-order valence-electron chi connectivity index (χ2n) is 4.49. The van der Waals surface area contributed by atoms with E-state index in [1.807, 2.05) is 12.1 Å². The third-order valence-electron chi connectivity index (χ3n) is 3.14. The van der Waals surface area contributed by atoms with Gasteiger partial charge in [0.25, 0.3) is 0 Å². The summed E-state index contributed by atoms with van der Waals surface area (Å²) in [5.74, 6) is 1.35. The maximum Gasteiger partial charge on any atom is 0.231 e. The Morgan fingerprint density at radius 2 is 2.29 bits per heavy atom. The summed E-state index contributed by atoms with van der Waals surface area (Å²) in [6, 6.07) is 3.86. The van der Waals surface area contributed by atoms with Crippen LogP contribution in [0.2, 0.25) is 5.02 Å². The minimum Gasteiger partial charge on any atom is -0.454 e. The molecule has 1 N–H and O–H groups in total. The number of nitrogens with zero attached hydrogens (tertiary/aromatic N) is 1. The summed E-state index contributed by atoms with van der Waals surface area (Å²) in [7, 11) is 0. The molecule has 17 heavy (non-hydrogen) atoms. The van der Waals surface area contributed by atoms with E-state index in [0.717, 1.165) is 31.6 Å². The smallest absolute Gasteiger partial charge is 0.231 e. The Labute approximate surface area is 105 Å². The van der Waals surface area contributed by atoms with Crippen molar-refractivity contribution in [2.24, 2.45) is 0 Å². The number of hydrogen-bond donors (Lipinski definition) is 1. The number of hydrogen-bond acceptors (Lipinski definition) is 4. The first-order chi connectivity index (χ1) is 8.22. The van der Waals surface area contributed by atoms with E-state index in [4.69, 9.17) is 21.1 Å². The van der Waals surface area contributed by atoms with Crippen molar-refractivity contribution in [3.63, 3.8) is 0 Å². The summed E-state index contributed by atoms with van der Waals surface area (Å²) in [5.41, 5.74) is 1.09. The molecular weight excluding hydrogens is 242 g/mol. The lowest BCUT2D eigenvalue weighted by Gasteiger charge is -2.15. The van der Waals surface area contributed by atoms with Gasteiger partial charge in [-0.1, -0.05) is 11.6 Å². The first kappa shape index (κ1) is 11.1. The van der Waals surface area contributed by atoms with E-state index < -0.39 is 0 Å². The van der Waals surface area contributed by atoms with Crippen molar-refractivity contribution in [1.82, 2.24) is 4.90 Å². The fourth-order valence-electron chi connectivity index (χ4n) is 2.33. The van der Waals surface area contributed by atoms with Gasteiger partial charge in [-0.25, -0.2) is 0 Å². The molecule has 92 valence electrons. The lowest BCUT2D eigenvalue weighted by molar-refractivity contribution is 0.173. The topological polar surface area (TPSA) is 41.9 Å². The van der Waals surface area contributed by atoms with E-state index in [-0.39, 0.29) is 12.9 Å². The van der Waals surface area contributed by atoms with Crippen molar-refractivity contribution in [1.29, 1.82) is 0 Å². The first-order valence-electron chi connectivity index (χ1n) is 5.71. The number of ether oxygens (including phenoxy) is 2. The molecule has 1 saturated heterocycles. The molecule has 0 spiro atoms. The molecule has 2 aliphatic heterocycles. The van der Waals surface area contributed by atoms with Gasteiger partial charge in [0.05, 0.1) is 11.1 Å². The number of aliphatic hydroxyl groups is 1. The van der Waals surface area contributed by atoms with Crippen molar-refractivity contribution in [2.45, 2.75) is 19.1 Å². The predicted octanol–water partition coefficient (Wildman–Crippen LogP) is 1.64. The number of β-amino-alcohol motifs (C(OH)–C–C–N with tert-alkyl or cyclic N) is 1. The lowest BCUT2D eigenvalue weighted by atomic mass is 10.2. The van der Waals surface area contributed by atoms with Crippen molar-refractivity contribution >= 4 is 11.6 Å². The van der Waals surface area contributed by atoms with Crippen molar-refractivity contribution in [3.8, 4) is 11.5 Å². The van der Waals surface area contributed by atoms with Crippen molar-refractivity contribution in [3.05, 3.63) is 22.7 Å². The number of aliphatic hydroxyl groups excluding tert-OH is 1. The molecule has 0 amide bonds. The normalized spacial score (nSPS) is 23.3. The zero-order valence-corrected chi connectivity index (χ0v) is 10.1. The van der Waals surface area contributed by atoms with E-state index in [1.54, 1.807) is 0 Å². The van der Waals surface area contributed by atoms with Crippen molar-refractivity contribution < 1.29 is 14.6 Å². The van der Waals surface area contributed by atoms with Crippen LogP contribution in [0.15, 0.2) is 12.1 Å². The minimum atomic E-state index is -0.195. The Hall–Kier alpha value is -0.970. The van der Waals surface area contributed by atoms with Crippen LogP contribution in [0.4, 0.5) is 0 Å². The molecule has 0 aromatic heterocycles. The summed E-state index contributed by atoms with van der Waals surface area (Å²) < 4.78 is 10.6. The Balaban J connectivity index is 1.77. The summed E-state index contributed by atoms with van der Waals surface area (Å²) in [6.07, 6.45) is 0.651. The van der Waals surface area contributed by atoms with Gasteiger partial charge in [0.15, 0.2) is 11.5 Å². The number of rotatable bonds is 2. The molecule has 0 radical (unpaired) electrons. The quantitative estimate of drug-likeness (QED) is 0.872. The van der Waals surface area contributed by atoms with Crippen LogP contribution in [-0.2, 0) is 6.54 Å². The highest BCUT2D eigenvalue weighted by Crippen LogP contribution is 2.40. The number of fused-ring (bicyclic) bond motifs is 1. The highest BCUT2D eigenvalue weighted by molar-refractivity contribution is 6.32. The molecule has 0 unspecified atom stereocenters. The van der Waals surface area contributed by atoms with Crippen LogP contribution >= 0.6 is 11.6 Å². The molecule has 0 bridgehead atoms. The summed E-state index contributed by atoms with van der Waals surface area (Å²) in [4.78, 5) is 2.21. The summed E-state index contributed by atoms with van der Waals surface area (Å²) >= 11 is 6.12. The second-order valence-corrected chi connectivity index (χ2v) is 4.90. The Morgan fingerprint density at radius 1 is 1.41 bits per heavy atom. The van der Waals surface area contributed by atoms with Gasteiger partial charge in [0, 0.05) is 19.6 Å². The number of likely N-dealkylation sites (tertiary alicyclic amines) is 1. The van der Waals surface area contributed by atoms with E-state index in [0.29, 0.717) is 16.5 Å². The van der Waals surface area contributed by atoms with E-state index in [2.05, 4.69) is 4.90 Å². The van der Waals surface area contributed by atoms with Crippen LogP contribution in [0.25, 0.3) is 0 Å². The van der Waals surface area contributed by atoms with Crippen LogP contribution in [0.1, 0.15) is 12.0 Å². The summed E-state index contributed by atoms with van der Waals surface area (Å²) in [6.45, 7) is 2.67. The van der Waals surface area contributed by atoms with Gasteiger partial charge < -0.3 is 14.6 Å². The largest absolute Gasteiger partial charge is 0.454 e.